The normalized spacial score (nSPS) is 10.6. The third kappa shape index (κ3) is 4.83. The Morgan fingerprint density at radius 1 is 1.09 bits per heavy atom. The number of nitrogens with zero attached hydrogens (tertiary/aromatic N) is 1. The summed E-state index contributed by atoms with van der Waals surface area (Å²) in [6.45, 7) is 7.26. The Bertz CT molecular complexity index is 634. The first kappa shape index (κ1) is 17.0. The average Bonchev–Trinajstić information content (AvgIpc) is 2.60. The van der Waals surface area contributed by atoms with E-state index in [2.05, 4.69) is 24.1 Å². The molecule has 0 bridgehead atoms. The summed E-state index contributed by atoms with van der Waals surface area (Å²) < 4.78 is 5.16. The molecule has 0 fully saturated rings. The van der Waals surface area contributed by atoms with Gasteiger partial charge >= 0.3 is 0 Å². The van der Waals surface area contributed by atoms with E-state index < -0.39 is 0 Å². The molecule has 0 radical (unpaired) electrons. The van der Waals surface area contributed by atoms with Crippen molar-refractivity contribution in [3.8, 4) is 5.75 Å². The zero-order chi connectivity index (χ0) is 16.7. The Labute approximate surface area is 138 Å². The molecule has 0 atom stereocenters. The molecule has 1 N–H and O–H groups in total. The lowest BCUT2D eigenvalue weighted by Crippen LogP contribution is -2.22. The number of benzene rings is 2. The summed E-state index contributed by atoms with van der Waals surface area (Å²) in [6.07, 6.45) is 0. The summed E-state index contributed by atoms with van der Waals surface area (Å²) in [4.78, 5) is 14.6. The summed E-state index contributed by atoms with van der Waals surface area (Å²) >= 11 is 0. The third-order valence-electron chi connectivity index (χ3n) is 3.84. The summed E-state index contributed by atoms with van der Waals surface area (Å²) in [5.74, 6) is 0.602. The zero-order valence-electron chi connectivity index (χ0n) is 14.0. The second-order valence-electron chi connectivity index (χ2n) is 5.34. The molecule has 0 aliphatic rings. The molecule has 0 saturated heterocycles. The number of hydrogen-bond acceptors (Lipinski definition) is 3. The summed E-state index contributed by atoms with van der Waals surface area (Å²) in [7, 11) is 1.61. The van der Waals surface area contributed by atoms with Crippen LogP contribution in [0.1, 0.15) is 29.8 Å². The topological polar surface area (TPSA) is 41.6 Å². The van der Waals surface area contributed by atoms with Gasteiger partial charge in [0.1, 0.15) is 5.75 Å². The van der Waals surface area contributed by atoms with Gasteiger partial charge in [-0.15, -0.1) is 0 Å². The molecule has 0 aromatic heterocycles. The van der Waals surface area contributed by atoms with Crippen LogP contribution in [0.25, 0.3) is 0 Å². The monoisotopic (exact) mass is 312 g/mol. The van der Waals surface area contributed by atoms with Crippen LogP contribution in [0.4, 0.5) is 5.69 Å². The highest BCUT2D eigenvalue weighted by Crippen LogP contribution is 2.17. The minimum Gasteiger partial charge on any atom is -0.497 e. The molecule has 0 aliphatic heterocycles. The third-order valence-corrected chi connectivity index (χ3v) is 3.84. The molecule has 2 rings (SSSR count). The molecule has 0 saturated carbocycles. The predicted molar refractivity (Wildman–Crippen MR) is 94.0 cm³/mol. The van der Waals surface area contributed by atoms with Crippen molar-refractivity contribution >= 4 is 11.6 Å². The lowest BCUT2D eigenvalue weighted by Gasteiger charge is -2.18. The largest absolute Gasteiger partial charge is 0.497 e. The van der Waals surface area contributed by atoms with Gasteiger partial charge in [-0.2, -0.15) is 0 Å². The SMILES string of the molecule is CCN(CC)Cc1ccc(C(=O)Nc2cccc(OC)c2)cc1. The van der Waals surface area contributed by atoms with Gasteiger partial charge in [-0.1, -0.05) is 32.0 Å². The van der Waals surface area contributed by atoms with Crippen LogP contribution in [-0.2, 0) is 6.54 Å². The fourth-order valence-corrected chi connectivity index (χ4v) is 2.37. The van der Waals surface area contributed by atoms with E-state index >= 15 is 0 Å². The fraction of sp³-hybridized carbons (Fsp3) is 0.316. The highest BCUT2D eigenvalue weighted by Gasteiger charge is 2.07. The van der Waals surface area contributed by atoms with Gasteiger partial charge in [0.15, 0.2) is 0 Å². The molecule has 0 aliphatic carbocycles. The first-order valence-corrected chi connectivity index (χ1v) is 7.93. The molecule has 122 valence electrons. The number of hydrogen-bond donors (Lipinski definition) is 1. The minimum absolute atomic E-state index is 0.118. The molecule has 0 spiro atoms. The van der Waals surface area contributed by atoms with E-state index in [9.17, 15) is 4.79 Å². The van der Waals surface area contributed by atoms with Crippen LogP contribution in [0.15, 0.2) is 48.5 Å². The van der Waals surface area contributed by atoms with Crippen molar-refractivity contribution in [3.05, 3.63) is 59.7 Å². The summed E-state index contributed by atoms with van der Waals surface area (Å²) in [6, 6.07) is 15.1. The lowest BCUT2D eigenvalue weighted by atomic mass is 10.1. The second kappa shape index (κ2) is 8.34. The molecule has 2 aromatic rings. The molecule has 2 aromatic carbocycles. The van der Waals surface area contributed by atoms with Gasteiger partial charge in [-0.3, -0.25) is 9.69 Å². The second-order valence-corrected chi connectivity index (χ2v) is 5.34. The molecular weight excluding hydrogens is 288 g/mol. The highest BCUT2D eigenvalue weighted by molar-refractivity contribution is 6.04. The minimum atomic E-state index is -0.118. The Kier molecular flexibility index (Phi) is 6.18. The summed E-state index contributed by atoms with van der Waals surface area (Å²) in [5.41, 5.74) is 2.59. The summed E-state index contributed by atoms with van der Waals surface area (Å²) in [5, 5.41) is 2.89. The van der Waals surface area contributed by atoms with Gasteiger partial charge in [0.25, 0.3) is 5.91 Å². The highest BCUT2D eigenvalue weighted by atomic mass is 16.5. The Morgan fingerprint density at radius 3 is 2.39 bits per heavy atom. The van der Waals surface area contributed by atoms with Gasteiger partial charge in [-0.05, 0) is 42.9 Å². The Hall–Kier alpha value is -2.33. The maximum absolute atomic E-state index is 12.3. The van der Waals surface area contributed by atoms with Gasteiger partial charge in [0.05, 0.1) is 7.11 Å². The standard InChI is InChI=1S/C19H24N2O2/c1-4-21(5-2)14-15-9-11-16(12-10-15)19(22)20-17-7-6-8-18(13-17)23-3/h6-13H,4-5,14H2,1-3H3,(H,20,22). The number of anilines is 1. The van der Waals surface area contributed by atoms with Crippen LogP contribution in [0.2, 0.25) is 0 Å². The van der Waals surface area contributed by atoms with Crippen molar-refractivity contribution in [2.24, 2.45) is 0 Å². The van der Waals surface area contributed by atoms with Crippen molar-refractivity contribution in [3.63, 3.8) is 0 Å². The van der Waals surface area contributed by atoms with Crippen LogP contribution in [0, 0.1) is 0 Å². The maximum Gasteiger partial charge on any atom is 0.255 e. The molecule has 4 nitrogen and oxygen atoms in total. The van der Waals surface area contributed by atoms with Gasteiger partial charge in [-0.25, -0.2) is 0 Å². The van der Waals surface area contributed by atoms with Gasteiger partial charge in [0.2, 0.25) is 0 Å². The maximum atomic E-state index is 12.3. The van der Waals surface area contributed by atoms with E-state index in [1.165, 1.54) is 5.56 Å². The van der Waals surface area contributed by atoms with Crippen molar-refractivity contribution in [1.82, 2.24) is 4.90 Å². The average molecular weight is 312 g/mol. The molecule has 23 heavy (non-hydrogen) atoms. The predicted octanol–water partition coefficient (Wildman–Crippen LogP) is 3.79. The fourth-order valence-electron chi connectivity index (χ4n) is 2.37. The van der Waals surface area contributed by atoms with E-state index in [0.717, 1.165) is 31.1 Å². The van der Waals surface area contributed by atoms with E-state index in [0.29, 0.717) is 5.56 Å². The number of rotatable bonds is 7. The van der Waals surface area contributed by atoms with Gasteiger partial charge in [0, 0.05) is 23.9 Å². The first-order chi connectivity index (χ1) is 11.2. The van der Waals surface area contributed by atoms with Crippen LogP contribution >= 0.6 is 0 Å². The van der Waals surface area contributed by atoms with Crippen LogP contribution in [0.3, 0.4) is 0 Å². The van der Waals surface area contributed by atoms with E-state index in [1.54, 1.807) is 13.2 Å². The van der Waals surface area contributed by atoms with Crippen LogP contribution < -0.4 is 10.1 Å². The molecule has 0 unspecified atom stereocenters. The van der Waals surface area contributed by atoms with Crippen molar-refractivity contribution < 1.29 is 9.53 Å². The van der Waals surface area contributed by atoms with E-state index in [1.807, 2.05) is 42.5 Å². The number of carbonyl (C=O) groups is 1. The Morgan fingerprint density at radius 2 is 1.78 bits per heavy atom. The molecule has 0 heterocycles. The molecule has 1 amide bonds. The molecule has 4 heteroatoms. The zero-order valence-corrected chi connectivity index (χ0v) is 14.0. The number of methoxy groups -OCH3 is 1. The van der Waals surface area contributed by atoms with Gasteiger partial charge < -0.3 is 10.1 Å². The van der Waals surface area contributed by atoms with Crippen molar-refractivity contribution in [2.45, 2.75) is 20.4 Å². The number of amides is 1. The van der Waals surface area contributed by atoms with E-state index in [4.69, 9.17) is 4.74 Å². The number of carbonyl (C=O) groups excluding carboxylic acids is 1. The number of nitrogens with one attached hydrogen (secondary N) is 1. The Balaban J connectivity index is 2.02. The van der Waals surface area contributed by atoms with E-state index in [-0.39, 0.29) is 5.91 Å². The first-order valence-electron chi connectivity index (χ1n) is 7.93. The van der Waals surface area contributed by atoms with Crippen LogP contribution in [0.5, 0.6) is 5.75 Å². The number of ether oxygens (including phenoxy) is 1. The lowest BCUT2D eigenvalue weighted by molar-refractivity contribution is 0.102. The van der Waals surface area contributed by atoms with Crippen molar-refractivity contribution in [1.29, 1.82) is 0 Å². The quantitative estimate of drug-likeness (QED) is 0.846. The van der Waals surface area contributed by atoms with Crippen LogP contribution in [-0.4, -0.2) is 31.0 Å². The molecular formula is C19H24N2O2. The smallest absolute Gasteiger partial charge is 0.255 e. The van der Waals surface area contributed by atoms with Crippen molar-refractivity contribution in [2.75, 3.05) is 25.5 Å².